The van der Waals surface area contributed by atoms with Crippen LogP contribution in [0.4, 0.5) is 8.78 Å². The molecule has 8 heteroatoms. The molecule has 2 heterocycles. The highest BCUT2D eigenvalue weighted by Crippen LogP contribution is 2.33. The molecular formula is C20H15BrF2N2O2S. The zero-order valence-electron chi connectivity index (χ0n) is 14.6. The van der Waals surface area contributed by atoms with E-state index in [1.807, 2.05) is 4.90 Å². The maximum absolute atomic E-state index is 14.3. The maximum atomic E-state index is 14.3. The number of carboxylic acids is 1. The van der Waals surface area contributed by atoms with Gasteiger partial charge in [-0.1, -0.05) is 34.2 Å². The van der Waals surface area contributed by atoms with Crippen molar-refractivity contribution in [2.75, 3.05) is 6.54 Å². The number of fused-ring (bicyclic) bond motifs is 3. The molecule has 1 aliphatic heterocycles. The fourth-order valence-corrected chi connectivity index (χ4v) is 4.42. The Hall–Kier alpha value is -2.32. The number of carboxylic acid groups (broad SMARTS) is 1. The fourth-order valence-electron chi connectivity index (χ4n) is 3.70. The van der Waals surface area contributed by atoms with Crippen LogP contribution in [0.1, 0.15) is 16.8 Å². The average molecular weight is 465 g/mol. The van der Waals surface area contributed by atoms with Crippen molar-refractivity contribution < 1.29 is 18.7 Å². The van der Waals surface area contributed by atoms with E-state index in [-0.39, 0.29) is 24.7 Å². The van der Waals surface area contributed by atoms with E-state index in [0.717, 1.165) is 5.56 Å². The van der Waals surface area contributed by atoms with Gasteiger partial charge in [0.25, 0.3) is 0 Å². The van der Waals surface area contributed by atoms with Gasteiger partial charge in [-0.3, -0.25) is 4.79 Å². The van der Waals surface area contributed by atoms with Crippen molar-refractivity contribution in [3.05, 3.63) is 69.3 Å². The molecule has 3 aromatic rings. The highest BCUT2D eigenvalue weighted by Gasteiger charge is 2.29. The van der Waals surface area contributed by atoms with Crippen molar-refractivity contribution in [3.8, 4) is 0 Å². The maximum Gasteiger partial charge on any atom is 0.323 e. The molecule has 0 unspecified atom stereocenters. The minimum atomic E-state index is -1.01. The Bertz CT molecular complexity index is 1130. The second kappa shape index (κ2) is 7.25. The number of rotatable bonds is 4. The molecule has 2 aromatic carbocycles. The Morgan fingerprint density at radius 1 is 1.21 bits per heavy atom. The molecule has 4 nitrogen and oxygen atoms in total. The quantitative estimate of drug-likeness (QED) is 0.577. The topological polar surface area (TPSA) is 45.5 Å². The van der Waals surface area contributed by atoms with Crippen LogP contribution in [0.2, 0.25) is 0 Å². The van der Waals surface area contributed by atoms with Crippen molar-refractivity contribution >= 4 is 50.0 Å². The smallest absolute Gasteiger partial charge is 0.323 e. The van der Waals surface area contributed by atoms with Gasteiger partial charge in [-0.25, -0.2) is 8.78 Å². The summed E-state index contributed by atoms with van der Waals surface area (Å²) in [5.74, 6) is -1.73. The van der Waals surface area contributed by atoms with Crippen LogP contribution in [0, 0.1) is 11.6 Å². The third kappa shape index (κ3) is 3.31. The summed E-state index contributed by atoms with van der Waals surface area (Å²) in [5.41, 5.74) is 2.57. The molecular weight excluding hydrogens is 450 g/mol. The molecule has 0 amide bonds. The lowest BCUT2D eigenvalue weighted by molar-refractivity contribution is -0.137. The molecule has 0 spiro atoms. The van der Waals surface area contributed by atoms with E-state index in [9.17, 15) is 18.7 Å². The monoisotopic (exact) mass is 464 g/mol. The number of nitrogens with zero attached hydrogens (tertiary/aromatic N) is 2. The first-order chi connectivity index (χ1) is 13.3. The SMILES string of the molecule is O=C(O)Cn1c2c(c3cc(F)ccc31)CCN(Cc1ccc(Br)cc1F)C2=S. The van der Waals surface area contributed by atoms with Crippen LogP contribution in [0.5, 0.6) is 0 Å². The number of aromatic nitrogens is 1. The van der Waals surface area contributed by atoms with Gasteiger partial charge in [0, 0.05) is 34.0 Å². The summed E-state index contributed by atoms with van der Waals surface area (Å²) in [7, 11) is 0. The second-order valence-electron chi connectivity index (χ2n) is 6.68. The predicted octanol–water partition coefficient (Wildman–Crippen LogP) is 4.50. The van der Waals surface area contributed by atoms with Gasteiger partial charge in [0.1, 0.15) is 23.2 Å². The molecule has 28 heavy (non-hydrogen) atoms. The molecule has 0 saturated carbocycles. The average Bonchev–Trinajstić information content (AvgIpc) is 2.92. The first-order valence-electron chi connectivity index (χ1n) is 8.61. The molecule has 1 N–H and O–H groups in total. The number of carbonyl (C=O) groups is 1. The number of aliphatic carboxylic acids is 1. The van der Waals surface area contributed by atoms with Crippen LogP contribution in [0.3, 0.4) is 0 Å². The van der Waals surface area contributed by atoms with Crippen molar-refractivity contribution in [2.24, 2.45) is 0 Å². The molecule has 0 aliphatic carbocycles. The molecule has 0 fully saturated rings. The summed E-state index contributed by atoms with van der Waals surface area (Å²) in [6.07, 6.45) is 0.570. The van der Waals surface area contributed by atoms with Gasteiger partial charge in [0.15, 0.2) is 0 Å². The van der Waals surface area contributed by atoms with Crippen LogP contribution in [0.15, 0.2) is 40.9 Å². The lowest BCUT2D eigenvalue weighted by atomic mass is 10.0. The number of hydrogen-bond donors (Lipinski definition) is 1. The molecule has 0 saturated heterocycles. The largest absolute Gasteiger partial charge is 0.480 e. The van der Waals surface area contributed by atoms with Gasteiger partial charge >= 0.3 is 5.97 Å². The summed E-state index contributed by atoms with van der Waals surface area (Å²) in [6, 6.07) is 9.16. The van der Waals surface area contributed by atoms with Crippen LogP contribution in [-0.4, -0.2) is 32.1 Å². The molecule has 144 valence electrons. The van der Waals surface area contributed by atoms with Gasteiger partial charge in [-0.05, 0) is 42.3 Å². The molecule has 0 bridgehead atoms. The zero-order valence-corrected chi connectivity index (χ0v) is 17.0. The van der Waals surface area contributed by atoms with E-state index in [1.165, 1.54) is 18.2 Å². The molecule has 1 aromatic heterocycles. The Morgan fingerprint density at radius 3 is 2.71 bits per heavy atom. The summed E-state index contributed by atoms with van der Waals surface area (Å²) in [4.78, 5) is 13.7. The molecule has 4 rings (SSSR count). The lowest BCUT2D eigenvalue weighted by Gasteiger charge is -2.31. The first kappa shape index (κ1) is 19.0. The van der Waals surface area contributed by atoms with E-state index in [2.05, 4.69) is 15.9 Å². The Labute approximate surface area is 173 Å². The third-order valence-corrected chi connectivity index (χ3v) is 5.87. The summed E-state index contributed by atoms with van der Waals surface area (Å²) in [5, 5.41) is 10.0. The molecule has 1 aliphatic rings. The van der Waals surface area contributed by atoms with Gasteiger partial charge in [0.2, 0.25) is 0 Å². The second-order valence-corrected chi connectivity index (χ2v) is 7.98. The van der Waals surface area contributed by atoms with Gasteiger partial charge in [-0.15, -0.1) is 0 Å². The number of benzene rings is 2. The van der Waals surface area contributed by atoms with Gasteiger partial charge < -0.3 is 14.6 Å². The van der Waals surface area contributed by atoms with E-state index in [0.29, 0.717) is 44.6 Å². The molecule has 0 radical (unpaired) electrons. The van der Waals surface area contributed by atoms with Crippen molar-refractivity contribution in [3.63, 3.8) is 0 Å². The number of halogens is 3. The minimum Gasteiger partial charge on any atom is -0.480 e. The highest BCUT2D eigenvalue weighted by molar-refractivity contribution is 9.10. The summed E-state index contributed by atoms with van der Waals surface area (Å²) < 4.78 is 30.3. The van der Waals surface area contributed by atoms with E-state index in [1.54, 1.807) is 22.8 Å². The van der Waals surface area contributed by atoms with E-state index >= 15 is 0 Å². The van der Waals surface area contributed by atoms with Crippen LogP contribution >= 0.6 is 28.1 Å². The molecule has 0 atom stereocenters. The Morgan fingerprint density at radius 2 is 2.00 bits per heavy atom. The lowest BCUT2D eigenvalue weighted by Crippen LogP contribution is -2.38. The highest BCUT2D eigenvalue weighted by atomic mass is 79.9. The summed E-state index contributed by atoms with van der Waals surface area (Å²) >= 11 is 8.89. The zero-order chi connectivity index (χ0) is 20.0. The van der Waals surface area contributed by atoms with E-state index < -0.39 is 5.97 Å². The van der Waals surface area contributed by atoms with Crippen LogP contribution < -0.4 is 0 Å². The summed E-state index contributed by atoms with van der Waals surface area (Å²) in [6.45, 7) is 0.544. The third-order valence-electron chi connectivity index (χ3n) is 4.92. The predicted molar refractivity (Wildman–Crippen MR) is 109 cm³/mol. The van der Waals surface area contributed by atoms with Gasteiger partial charge in [-0.2, -0.15) is 0 Å². The standard InChI is InChI=1S/C20H15BrF2N2O2S/c21-12-2-1-11(16(23)7-12)9-24-6-5-14-15-8-13(22)3-4-17(15)25(10-18(26)27)19(14)20(24)28/h1-4,7-8H,5-6,9-10H2,(H,26,27). The minimum absolute atomic E-state index is 0.278. The van der Waals surface area contributed by atoms with Crippen molar-refractivity contribution in [2.45, 2.75) is 19.5 Å². The Kier molecular flexibility index (Phi) is 4.93. The van der Waals surface area contributed by atoms with Crippen LogP contribution in [0.25, 0.3) is 10.9 Å². The fraction of sp³-hybridized carbons (Fsp3) is 0.200. The Balaban J connectivity index is 1.78. The van der Waals surface area contributed by atoms with Gasteiger partial charge in [0.05, 0.1) is 5.69 Å². The van der Waals surface area contributed by atoms with Crippen molar-refractivity contribution in [1.82, 2.24) is 9.47 Å². The first-order valence-corrected chi connectivity index (χ1v) is 9.81. The van der Waals surface area contributed by atoms with Crippen LogP contribution in [-0.2, 0) is 24.3 Å². The van der Waals surface area contributed by atoms with Crippen molar-refractivity contribution in [1.29, 1.82) is 0 Å². The number of hydrogen-bond acceptors (Lipinski definition) is 2. The van der Waals surface area contributed by atoms with E-state index in [4.69, 9.17) is 12.2 Å². The normalized spacial score (nSPS) is 13.8. The number of thiocarbonyl (C=S) groups is 1.